The number of rotatable bonds is 4. The van der Waals surface area contributed by atoms with E-state index >= 15 is 0 Å². The third-order valence-electron chi connectivity index (χ3n) is 5.76. The van der Waals surface area contributed by atoms with E-state index < -0.39 is 6.10 Å². The van der Waals surface area contributed by atoms with Crippen LogP contribution in [0.5, 0.6) is 0 Å². The molecule has 3 aliphatic rings. The van der Waals surface area contributed by atoms with Gasteiger partial charge in [-0.25, -0.2) is 0 Å². The van der Waals surface area contributed by atoms with E-state index in [0.717, 1.165) is 38.5 Å². The Balaban J connectivity index is 1.67. The standard InChI is InChI=1S/C19H32N2O5/c1-2-20-18(23)9-15-7-8-16-17(26-15)12-25-11-14(22)10-21(16)19(24)13-5-3-4-6-13/h13-17,22H,2-12H2,1H3,(H,20,23)/t14-,15+,16+,17-/m1/s1. The zero-order chi connectivity index (χ0) is 18.5. The summed E-state index contributed by atoms with van der Waals surface area (Å²) in [5.41, 5.74) is 0. The molecule has 2 heterocycles. The van der Waals surface area contributed by atoms with Crippen molar-refractivity contribution < 1.29 is 24.2 Å². The number of nitrogens with zero attached hydrogens (tertiary/aromatic N) is 1. The van der Waals surface area contributed by atoms with Crippen molar-refractivity contribution in [2.24, 2.45) is 5.92 Å². The topological polar surface area (TPSA) is 88.1 Å². The van der Waals surface area contributed by atoms with Gasteiger partial charge in [0, 0.05) is 19.0 Å². The van der Waals surface area contributed by atoms with Crippen LogP contribution < -0.4 is 5.32 Å². The lowest BCUT2D eigenvalue weighted by Gasteiger charge is -2.45. The van der Waals surface area contributed by atoms with Gasteiger partial charge >= 0.3 is 0 Å². The Morgan fingerprint density at radius 3 is 2.65 bits per heavy atom. The van der Waals surface area contributed by atoms with Gasteiger partial charge < -0.3 is 24.8 Å². The summed E-state index contributed by atoms with van der Waals surface area (Å²) in [4.78, 5) is 26.8. The lowest BCUT2D eigenvalue weighted by Crippen LogP contribution is -2.58. The Morgan fingerprint density at radius 2 is 1.92 bits per heavy atom. The van der Waals surface area contributed by atoms with Gasteiger partial charge in [-0.05, 0) is 32.6 Å². The van der Waals surface area contributed by atoms with E-state index in [-0.39, 0.29) is 42.6 Å². The highest BCUT2D eigenvalue weighted by molar-refractivity contribution is 5.79. The molecule has 7 nitrogen and oxygen atoms in total. The molecule has 3 fully saturated rings. The summed E-state index contributed by atoms with van der Waals surface area (Å²) in [6.45, 7) is 3.38. The zero-order valence-corrected chi connectivity index (χ0v) is 15.7. The molecule has 2 amide bonds. The molecule has 0 aromatic rings. The molecule has 1 aliphatic carbocycles. The molecule has 3 rings (SSSR count). The highest BCUT2D eigenvalue weighted by Gasteiger charge is 2.41. The van der Waals surface area contributed by atoms with Crippen molar-refractivity contribution in [1.82, 2.24) is 10.2 Å². The van der Waals surface area contributed by atoms with Gasteiger partial charge in [-0.2, -0.15) is 0 Å². The molecule has 2 aliphatic heterocycles. The normalized spacial score (nSPS) is 33.2. The summed E-state index contributed by atoms with van der Waals surface area (Å²) in [6, 6.07) is -0.0801. The number of carbonyl (C=O) groups is 2. The van der Waals surface area contributed by atoms with Crippen LogP contribution in [0.2, 0.25) is 0 Å². The van der Waals surface area contributed by atoms with Gasteiger partial charge in [0.1, 0.15) is 6.10 Å². The molecule has 0 bridgehead atoms. The second kappa shape index (κ2) is 9.15. The fourth-order valence-corrected chi connectivity index (χ4v) is 4.48. The number of fused-ring (bicyclic) bond motifs is 1. The fraction of sp³-hybridized carbons (Fsp3) is 0.895. The molecular formula is C19H32N2O5. The number of amides is 2. The SMILES string of the molecule is CCNC(=O)C[C@@H]1CC[C@H]2[C@@H](COC[C@H](O)CN2C(=O)C2CCCC2)O1. The number of β-amino-alcohol motifs (C(OH)–C–C–N with tert-alkyl or cyclic N) is 1. The van der Waals surface area contributed by atoms with Crippen molar-refractivity contribution in [3.05, 3.63) is 0 Å². The van der Waals surface area contributed by atoms with Gasteiger partial charge in [-0.3, -0.25) is 9.59 Å². The Bertz CT molecular complexity index is 494. The van der Waals surface area contributed by atoms with Crippen LogP contribution in [0.15, 0.2) is 0 Å². The van der Waals surface area contributed by atoms with Crippen molar-refractivity contribution in [2.75, 3.05) is 26.3 Å². The van der Waals surface area contributed by atoms with E-state index in [9.17, 15) is 14.7 Å². The minimum absolute atomic E-state index is 0.00276. The highest BCUT2D eigenvalue weighted by Crippen LogP contribution is 2.32. The third kappa shape index (κ3) is 4.75. The van der Waals surface area contributed by atoms with Crippen molar-refractivity contribution >= 4 is 11.8 Å². The van der Waals surface area contributed by atoms with E-state index in [1.165, 1.54) is 0 Å². The van der Waals surface area contributed by atoms with Crippen molar-refractivity contribution in [3.63, 3.8) is 0 Å². The second-order valence-electron chi connectivity index (χ2n) is 7.76. The van der Waals surface area contributed by atoms with Gasteiger partial charge in [-0.15, -0.1) is 0 Å². The summed E-state index contributed by atoms with van der Waals surface area (Å²) in [7, 11) is 0. The molecule has 0 spiro atoms. The maximum Gasteiger partial charge on any atom is 0.226 e. The summed E-state index contributed by atoms with van der Waals surface area (Å²) in [5, 5.41) is 13.0. The summed E-state index contributed by atoms with van der Waals surface area (Å²) < 4.78 is 11.8. The Morgan fingerprint density at radius 1 is 1.15 bits per heavy atom. The lowest BCUT2D eigenvalue weighted by molar-refractivity contribution is -0.171. The first kappa shape index (κ1) is 19.6. The quantitative estimate of drug-likeness (QED) is 0.768. The van der Waals surface area contributed by atoms with E-state index in [0.29, 0.717) is 26.1 Å². The smallest absolute Gasteiger partial charge is 0.226 e. The predicted octanol–water partition coefficient (Wildman–Crippen LogP) is 0.839. The van der Waals surface area contributed by atoms with Crippen LogP contribution in [0.25, 0.3) is 0 Å². The summed E-state index contributed by atoms with van der Waals surface area (Å²) >= 11 is 0. The molecule has 1 saturated carbocycles. The fourth-order valence-electron chi connectivity index (χ4n) is 4.48. The third-order valence-corrected chi connectivity index (χ3v) is 5.76. The number of aliphatic hydroxyl groups is 1. The second-order valence-corrected chi connectivity index (χ2v) is 7.76. The molecule has 2 saturated heterocycles. The van der Waals surface area contributed by atoms with Crippen LogP contribution in [-0.2, 0) is 19.1 Å². The minimum atomic E-state index is -0.658. The molecule has 26 heavy (non-hydrogen) atoms. The molecule has 2 N–H and O–H groups in total. The number of aliphatic hydroxyl groups excluding tert-OH is 1. The lowest BCUT2D eigenvalue weighted by atomic mass is 9.93. The number of ether oxygens (including phenoxy) is 2. The van der Waals surface area contributed by atoms with Gasteiger partial charge in [0.05, 0.1) is 37.9 Å². The van der Waals surface area contributed by atoms with Crippen molar-refractivity contribution in [3.8, 4) is 0 Å². The first-order chi connectivity index (χ1) is 12.6. The molecule has 7 heteroatoms. The van der Waals surface area contributed by atoms with Gasteiger partial charge in [0.2, 0.25) is 11.8 Å². The zero-order valence-electron chi connectivity index (χ0n) is 15.7. The van der Waals surface area contributed by atoms with E-state index in [1.54, 1.807) is 0 Å². The van der Waals surface area contributed by atoms with Crippen LogP contribution in [0.1, 0.15) is 51.9 Å². The van der Waals surface area contributed by atoms with Crippen LogP contribution in [0, 0.1) is 5.92 Å². The van der Waals surface area contributed by atoms with Crippen molar-refractivity contribution in [1.29, 1.82) is 0 Å². The van der Waals surface area contributed by atoms with Crippen LogP contribution >= 0.6 is 0 Å². The van der Waals surface area contributed by atoms with Gasteiger partial charge in [0.25, 0.3) is 0 Å². The van der Waals surface area contributed by atoms with E-state index in [4.69, 9.17) is 9.47 Å². The minimum Gasteiger partial charge on any atom is -0.389 e. The monoisotopic (exact) mass is 368 g/mol. The Kier molecular flexibility index (Phi) is 6.89. The Labute approximate surface area is 155 Å². The molecule has 0 unspecified atom stereocenters. The largest absolute Gasteiger partial charge is 0.389 e. The molecule has 0 aromatic carbocycles. The Hall–Kier alpha value is -1.18. The van der Waals surface area contributed by atoms with E-state index in [2.05, 4.69) is 5.32 Å². The molecule has 0 radical (unpaired) electrons. The number of nitrogens with one attached hydrogen (secondary N) is 1. The molecular weight excluding hydrogens is 336 g/mol. The van der Waals surface area contributed by atoms with Gasteiger partial charge in [0.15, 0.2) is 0 Å². The number of hydrogen-bond acceptors (Lipinski definition) is 5. The van der Waals surface area contributed by atoms with E-state index in [1.807, 2.05) is 11.8 Å². The highest BCUT2D eigenvalue weighted by atomic mass is 16.5. The van der Waals surface area contributed by atoms with Crippen LogP contribution in [0.4, 0.5) is 0 Å². The predicted molar refractivity (Wildman–Crippen MR) is 95.5 cm³/mol. The number of carbonyl (C=O) groups excluding carboxylic acids is 2. The first-order valence-electron chi connectivity index (χ1n) is 10.1. The maximum atomic E-state index is 13.1. The average Bonchev–Trinajstić information content (AvgIpc) is 3.13. The summed E-state index contributed by atoms with van der Waals surface area (Å²) in [5.74, 6) is 0.234. The summed E-state index contributed by atoms with van der Waals surface area (Å²) in [6.07, 6.45) is 4.93. The molecule has 0 aromatic heterocycles. The number of hydrogen-bond donors (Lipinski definition) is 2. The molecule has 4 atom stereocenters. The van der Waals surface area contributed by atoms with Crippen LogP contribution in [0.3, 0.4) is 0 Å². The molecule has 148 valence electrons. The first-order valence-corrected chi connectivity index (χ1v) is 10.1. The van der Waals surface area contributed by atoms with Crippen LogP contribution in [-0.4, -0.2) is 72.5 Å². The maximum absolute atomic E-state index is 13.1. The van der Waals surface area contributed by atoms with Gasteiger partial charge in [-0.1, -0.05) is 12.8 Å². The van der Waals surface area contributed by atoms with Crippen molar-refractivity contribution in [2.45, 2.75) is 76.2 Å². The average molecular weight is 368 g/mol.